The summed E-state index contributed by atoms with van der Waals surface area (Å²) in [5.41, 5.74) is 2.18. The van der Waals surface area contributed by atoms with Crippen LogP contribution in [-0.2, 0) is 13.5 Å². The second kappa shape index (κ2) is 8.90. The number of Topliss-reactive ketones (excluding diaryl/α,β-unsaturated/α-hetero) is 1. The van der Waals surface area contributed by atoms with E-state index in [1.165, 1.54) is 42.3 Å². The number of methoxy groups -OCH3 is 1. The molecule has 0 aliphatic carbocycles. The fraction of sp³-hybridized carbons (Fsp3) is 0.280. The number of ketones is 1. The molecule has 0 saturated carbocycles. The molecule has 3 heterocycles. The van der Waals surface area contributed by atoms with Crippen LogP contribution in [0.25, 0.3) is 22.3 Å². The third-order valence-corrected chi connectivity index (χ3v) is 6.28. The van der Waals surface area contributed by atoms with E-state index in [0.717, 1.165) is 30.5 Å². The Morgan fingerprint density at radius 1 is 1.26 bits per heavy atom. The molecule has 0 amide bonds. The lowest BCUT2D eigenvalue weighted by Gasteiger charge is -2.17. The lowest BCUT2D eigenvalue weighted by atomic mass is 9.88. The van der Waals surface area contributed by atoms with Crippen molar-refractivity contribution in [2.75, 3.05) is 20.2 Å². The number of nitrogens with zero attached hydrogens (tertiary/aromatic N) is 4. The van der Waals surface area contributed by atoms with E-state index >= 15 is 4.39 Å². The topological polar surface area (TPSA) is 81.9 Å². The first-order valence-electron chi connectivity index (χ1n) is 11.0. The molecule has 2 aromatic heterocycles. The highest BCUT2D eigenvalue weighted by molar-refractivity contribution is 5.97. The molecule has 1 N–H and O–H groups in total. The van der Waals surface area contributed by atoms with Gasteiger partial charge in [0.2, 0.25) is 0 Å². The highest BCUT2D eigenvalue weighted by Crippen LogP contribution is 2.35. The summed E-state index contributed by atoms with van der Waals surface area (Å²) < 4.78 is 36.3. The van der Waals surface area contributed by atoms with Crippen LogP contribution in [0.4, 0.5) is 8.78 Å². The standard InChI is InChI=1S/C25H23F2N5O2/c1-32-24-16(13-30-32)22(14-6-8-28-12-14)15(10-18(24)27)11-20(33)19-7-9-29-25(31-19)23-17(26)4-3-5-21(23)34-2/h3-5,7,9-10,13-14,28H,6,8,11-12H2,1-2H3. The number of benzene rings is 2. The number of hydrogen-bond donors (Lipinski definition) is 1. The predicted molar refractivity (Wildman–Crippen MR) is 123 cm³/mol. The smallest absolute Gasteiger partial charge is 0.185 e. The maximum Gasteiger partial charge on any atom is 0.185 e. The molecule has 5 rings (SSSR count). The fourth-order valence-electron chi connectivity index (χ4n) is 4.71. The highest BCUT2D eigenvalue weighted by atomic mass is 19.1. The second-order valence-corrected chi connectivity index (χ2v) is 8.33. The van der Waals surface area contributed by atoms with Crippen molar-refractivity contribution in [3.63, 3.8) is 0 Å². The molecule has 34 heavy (non-hydrogen) atoms. The summed E-state index contributed by atoms with van der Waals surface area (Å²) in [7, 11) is 3.13. The Morgan fingerprint density at radius 2 is 2.12 bits per heavy atom. The van der Waals surface area contributed by atoms with E-state index in [2.05, 4.69) is 20.4 Å². The van der Waals surface area contributed by atoms with Crippen LogP contribution >= 0.6 is 0 Å². The van der Waals surface area contributed by atoms with E-state index in [0.29, 0.717) is 11.1 Å². The maximum atomic E-state index is 15.0. The molecule has 174 valence electrons. The summed E-state index contributed by atoms with van der Waals surface area (Å²) in [4.78, 5) is 21.7. The monoisotopic (exact) mass is 463 g/mol. The summed E-state index contributed by atoms with van der Waals surface area (Å²) in [5.74, 6) is -0.816. The first-order valence-corrected chi connectivity index (χ1v) is 11.0. The number of carbonyl (C=O) groups is 1. The van der Waals surface area contributed by atoms with E-state index in [9.17, 15) is 9.18 Å². The number of halogens is 2. The Labute approximate surface area is 194 Å². The van der Waals surface area contributed by atoms with Gasteiger partial charge in [0, 0.05) is 31.6 Å². The van der Waals surface area contributed by atoms with Gasteiger partial charge in [0.1, 0.15) is 28.6 Å². The van der Waals surface area contributed by atoms with Gasteiger partial charge >= 0.3 is 0 Å². The zero-order valence-electron chi connectivity index (χ0n) is 18.8. The zero-order chi connectivity index (χ0) is 23.8. The molecule has 1 unspecified atom stereocenters. The molecule has 9 heteroatoms. The maximum absolute atomic E-state index is 15.0. The van der Waals surface area contributed by atoms with E-state index < -0.39 is 11.6 Å². The van der Waals surface area contributed by atoms with Gasteiger partial charge in [-0.3, -0.25) is 9.48 Å². The third kappa shape index (κ3) is 3.81. The third-order valence-electron chi connectivity index (χ3n) is 6.28. The van der Waals surface area contributed by atoms with Crippen molar-refractivity contribution in [1.29, 1.82) is 0 Å². The summed E-state index contributed by atoms with van der Waals surface area (Å²) in [6.07, 6.45) is 3.92. The Bertz CT molecular complexity index is 1400. The van der Waals surface area contributed by atoms with Gasteiger partial charge in [0.15, 0.2) is 11.6 Å². The van der Waals surface area contributed by atoms with E-state index in [-0.39, 0.29) is 41.0 Å². The van der Waals surface area contributed by atoms with Gasteiger partial charge in [0.25, 0.3) is 0 Å². The lowest BCUT2D eigenvalue weighted by molar-refractivity contribution is 0.0988. The minimum atomic E-state index is -0.552. The van der Waals surface area contributed by atoms with Crippen molar-refractivity contribution >= 4 is 16.7 Å². The number of ether oxygens (including phenoxy) is 1. The van der Waals surface area contributed by atoms with Gasteiger partial charge in [0.05, 0.1) is 18.9 Å². The normalized spacial score (nSPS) is 15.7. The second-order valence-electron chi connectivity index (χ2n) is 8.33. The average Bonchev–Trinajstić information content (AvgIpc) is 3.49. The van der Waals surface area contributed by atoms with E-state index in [1.807, 2.05) is 0 Å². The Balaban J connectivity index is 1.54. The van der Waals surface area contributed by atoms with Crippen LogP contribution in [0.15, 0.2) is 42.7 Å². The minimum Gasteiger partial charge on any atom is -0.496 e. The van der Waals surface area contributed by atoms with Crippen molar-refractivity contribution in [1.82, 2.24) is 25.1 Å². The number of rotatable bonds is 6. The number of aryl methyl sites for hydroxylation is 1. The van der Waals surface area contributed by atoms with Gasteiger partial charge in [-0.15, -0.1) is 0 Å². The Hall–Kier alpha value is -3.72. The van der Waals surface area contributed by atoms with Crippen LogP contribution in [0.3, 0.4) is 0 Å². The summed E-state index contributed by atoms with van der Waals surface area (Å²) in [6, 6.07) is 7.31. The highest BCUT2D eigenvalue weighted by Gasteiger charge is 2.26. The van der Waals surface area contributed by atoms with Crippen LogP contribution in [0.1, 0.15) is 34.0 Å². The number of fused-ring (bicyclic) bond motifs is 1. The van der Waals surface area contributed by atoms with Crippen molar-refractivity contribution in [3.05, 3.63) is 71.2 Å². The molecule has 7 nitrogen and oxygen atoms in total. The summed E-state index contributed by atoms with van der Waals surface area (Å²) in [6.45, 7) is 1.61. The molecule has 1 aliphatic rings. The first kappa shape index (κ1) is 22.1. The van der Waals surface area contributed by atoms with Gasteiger partial charge in [-0.05, 0) is 54.3 Å². The first-order chi connectivity index (χ1) is 16.5. The summed E-state index contributed by atoms with van der Waals surface area (Å²) in [5, 5.41) is 8.30. The number of nitrogens with one attached hydrogen (secondary N) is 1. The molecule has 0 spiro atoms. The summed E-state index contributed by atoms with van der Waals surface area (Å²) >= 11 is 0. The average molecular weight is 463 g/mol. The minimum absolute atomic E-state index is 0.0432. The zero-order valence-corrected chi connectivity index (χ0v) is 18.8. The lowest BCUT2D eigenvalue weighted by Crippen LogP contribution is -2.14. The Morgan fingerprint density at radius 3 is 2.88 bits per heavy atom. The van der Waals surface area contributed by atoms with Crippen molar-refractivity contribution < 1.29 is 18.3 Å². The molecule has 4 aromatic rings. The van der Waals surface area contributed by atoms with Gasteiger partial charge in [-0.25, -0.2) is 18.7 Å². The van der Waals surface area contributed by atoms with Crippen molar-refractivity contribution in [2.24, 2.45) is 7.05 Å². The molecule has 0 radical (unpaired) electrons. The molecule has 1 atom stereocenters. The SMILES string of the molecule is COc1cccc(F)c1-c1nccc(C(=O)Cc2cc(F)c3c(cnn3C)c2C2CCNC2)n1. The largest absolute Gasteiger partial charge is 0.496 e. The van der Waals surface area contributed by atoms with E-state index in [1.54, 1.807) is 19.3 Å². The van der Waals surface area contributed by atoms with Crippen molar-refractivity contribution in [3.8, 4) is 17.1 Å². The molecule has 1 saturated heterocycles. The molecule has 1 fully saturated rings. The predicted octanol–water partition coefficient (Wildman–Crippen LogP) is 3.82. The van der Waals surface area contributed by atoms with Gasteiger partial charge in [-0.2, -0.15) is 5.10 Å². The van der Waals surface area contributed by atoms with Crippen molar-refractivity contribution in [2.45, 2.75) is 18.8 Å². The molecule has 0 bridgehead atoms. The number of aromatic nitrogens is 4. The van der Waals surface area contributed by atoms with Crippen LogP contribution in [0.5, 0.6) is 5.75 Å². The molecule has 2 aromatic carbocycles. The molecular formula is C25H23F2N5O2. The van der Waals surface area contributed by atoms with Gasteiger partial charge in [-0.1, -0.05) is 6.07 Å². The molecular weight excluding hydrogens is 440 g/mol. The fourth-order valence-corrected chi connectivity index (χ4v) is 4.71. The number of carbonyl (C=O) groups excluding carboxylic acids is 1. The Kier molecular flexibility index (Phi) is 5.79. The quantitative estimate of drug-likeness (QED) is 0.438. The van der Waals surface area contributed by atoms with Crippen LogP contribution in [-0.4, -0.2) is 45.7 Å². The van der Waals surface area contributed by atoms with Crippen LogP contribution < -0.4 is 10.1 Å². The molecule has 1 aliphatic heterocycles. The van der Waals surface area contributed by atoms with Crippen LogP contribution in [0, 0.1) is 11.6 Å². The van der Waals surface area contributed by atoms with Gasteiger partial charge < -0.3 is 10.1 Å². The van der Waals surface area contributed by atoms with E-state index in [4.69, 9.17) is 4.74 Å². The van der Waals surface area contributed by atoms with Crippen LogP contribution in [0.2, 0.25) is 0 Å². The number of hydrogen-bond acceptors (Lipinski definition) is 6.